The van der Waals surface area contributed by atoms with Crippen LogP contribution in [-0.2, 0) is 17.8 Å². The van der Waals surface area contributed by atoms with E-state index < -0.39 is 0 Å². The molecular formula is C11H16N4OS. The van der Waals surface area contributed by atoms with E-state index in [0.29, 0.717) is 0 Å². The molecule has 2 aromatic rings. The third kappa shape index (κ3) is 3.92. The number of methoxy groups -OCH3 is 1. The zero-order valence-corrected chi connectivity index (χ0v) is 10.6. The Labute approximate surface area is 104 Å². The molecule has 0 aliphatic carbocycles. The second kappa shape index (κ2) is 6.48. The van der Waals surface area contributed by atoms with Crippen molar-refractivity contribution in [2.45, 2.75) is 13.1 Å². The molecule has 2 heterocycles. The molecule has 17 heavy (non-hydrogen) atoms. The molecule has 0 amide bonds. The smallest absolute Gasteiger partial charge is 0.114 e. The van der Waals surface area contributed by atoms with Crippen molar-refractivity contribution < 1.29 is 4.74 Å². The zero-order valence-electron chi connectivity index (χ0n) is 9.80. The van der Waals surface area contributed by atoms with Gasteiger partial charge in [0.15, 0.2) is 0 Å². The SMILES string of the molecule is COCCNCc1ccn(Cc2nccs2)n1. The Hall–Kier alpha value is -1.24. The Balaban J connectivity index is 1.79. The lowest BCUT2D eigenvalue weighted by atomic mass is 10.4. The van der Waals surface area contributed by atoms with Gasteiger partial charge in [0.1, 0.15) is 5.01 Å². The summed E-state index contributed by atoms with van der Waals surface area (Å²) in [4.78, 5) is 4.23. The van der Waals surface area contributed by atoms with Gasteiger partial charge in [-0.15, -0.1) is 11.3 Å². The number of rotatable bonds is 7. The van der Waals surface area contributed by atoms with Gasteiger partial charge in [-0.25, -0.2) is 4.98 Å². The van der Waals surface area contributed by atoms with Crippen LogP contribution in [0.1, 0.15) is 10.7 Å². The first-order valence-corrected chi connectivity index (χ1v) is 6.37. The first-order valence-electron chi connectivity index (χ1n) is 5.49. The molecule has 0 saturated heterocycles. The molecule has 0 radical (unpaired) electrons. The lowest BCUT2D eigenvalue weighted by Crippen LogP contribution is -2.19. The average molecular weight is 252 g/mol. The zero-order chi connectivity index (χ0) is 11.9. The minimum atomic E-state index is 0.722. The number of nitrogens with zero attached hydrogens (tertiary/aromatic N) is 3. The van der Waals surface area contributed by atoms with Crippen LogP contribution in [0.4, 0.5) is 0 Å². The fourth-order valence-corrected chi connectivity index (χ4v) is 2.05. The number of hydrogen-bond donors (Lipinski definition) is 1. The van der Waals surface area contributed by atoms with Crippen LogP contribution in [0.15, 0.2) is 23.8 Å². The fourth-order valence-electron chi connectivity index (χ4n) is 1.45. The Bertz CT molecular complexity index is 426. The second-order valence-corrected chi connectivity index (χ2v) is 4.58. The van der Waals surface area contributed by atoms with Gasteiger partial charge in [-0.1, -0.05) is 0 Å². The third-order valence-electron chi connectivity index (χ3n) is 2.27. The van der Waals surface area contributed by atoms with E-state index in [0.717, 1.165) is 36.9 Å². The van der Waals surface area contributed by atoms with E-state index in [1.807, 2.05) is 28.5 Å². The topological polar surface area (TPSA) is 52.0 Å². The summed E-state index contributed by atoms with van der Waals surface area (Å²) in [7, 11) is 1.70. The van der Waals surface area contributed by atoms with Crippen molar-refractivity contribution in [2.24, 2.45) is 0 Å². The standard InChI is InChI=1S/C11H16N4OS/c1-16-6-3-12-8-10-2-5-15(14-10)9-11-13-4-7-17-11/h2,4-5,7,12H,3,6,8-9H2,1H3. The lowest BCUT2D eigenvalue weighted by Gasteiger charge is -2.01. The molecule has 0 aliphatic rings. The second-order valence-electron chi connectivity index (χ2n) is 3.60. The van der Waals surface area contributed by atoms with Crippen molar-refractivity contribution in [3.63, 3.8) is 0 Å². The molecule has 6 heteroatoms. The predicted molar refractivity (Wildman–Crippen MR) is 67.0 cm³/mol. The van der Waals surface area contributed by atoms with Crippen LogP contribution in [0.3, 0.4) is 0 Å². The van der Waals surface area contributed by atoms with Crippen LogP contribution in [-0.4, -0.2) is 35.0 Å². The van der Waals surface area contributed by atoms with Crippen LogP contribution < -0.4 is 5.32 Å². The van der Waals surface area contributed by atoms with Gasteiger partial charge in [-0.05, 0) is 6.07 Å². The summed E-state index contributed by atoms with van der Waals surface area (Å²) in [5.74, 6) is 0. The van der Waals surface area contributed by atoms with Crippen molar-refractivity contribution in [2.75, 3.05) is 20.3 Å². The maximum atomic E-state index is 4.96. The van der Waals surface area contributed by atoms with Crippen LogP contribution in [0.5, 0.6) is 0 Å². The number of ether oxygens (including phenoxy) is 1. The van der Waals surface area contributed by atoms with E-state index in [9.17, 15) is 0 Å². The van der Waals surface area contributed by atoms with Gasteiger partial charge in [0.2, 0.25) is 0 Å². The van der Waals surface area contributed by atoms with Crippen molar-refractivity contribution in [3.05, 3.63) is 34.5 Å². The first-order chi connectivity index (χ1) is 8.38. The molecule has 0 bridgehead atoms. The third-order valence-corrected chi connectivity index (χ3v) is 3.03. The number of thiazole rings is 1. The maximum Gasteiger partial charge on any atom is 0.114 e. The highest BCUT2D eigenvalue weighted by Gasteiger charge is 2.01. The van der Waals surface area contributed by atoms with Gasteiger partial charge in [0.05, 0.1) is 18.8 Å². The molecule has 0 aliphatic heterocycles. The number of aromatic nitrogens is 3. The summed E-state index contributed by atoms with van der Waals surface area (Å²) in [5.41, 5.74) is 1.04. The van der Waals surface area contributed by atoms with Gasteiger partial charge in [0.25, 0.3) is 0 Å². The van der Waals surface area contributed by atoms with Crippen LogP contribution >= 0.6 is 11.3 Å². The Morgan fingerprint density at radius 2 is 2.47 bits per heavy atom. The molecule has 0 spiro atoms. The number of hydrogen-bond acceptors (Lipinski definition) is 5. The van der Waals surface area contributed by atoms with Gasteiger partial charge in [-0.3, -0.25) is 4.68 Å². The summed E-state index contributed by atoms with van der Waals surface area (Å²) >= 11 is 1.65. The van der Waals surface area contributed by atoms with E-state index in [1.165, 1.54) is 0 Å². The van der Waals surface area contributed by atoms with E-state index >= 15 is 0 Å². The summed E-state index contributed by atoms with van der Waals surface area (Å²) in [6.07, 6.45) is 3.80. The molecule has 0 aromatic carbocycles. The van der Waals surface area contributed by atoms with Crippen molar-refractivity contribution in [1.82, 2.24) is 20.1 Å². The minimum absolute atomic E-state index is 0.722. The fraction of sp³-hybridized carbons (Fsp3) is 0.455. The number of nitrogens with one attached hydrogen (secondary N) is 1. The van der Waals surface area contributed by atoms with Crippen molar-refractivity contribution in [3.8, 4) is 0 Å². The summed E-state index contributed by atoms with van der Waals surface area (Å²) in [6.45, 7) is 3.08. The van der Waals surface area contributed by atoms with Gasteiger partial charge in [0, 0.05) is 38.0 Å². The molecule has 92 valence electrons. The van der Waals surface area contributed by atoms with Gasteiger partial charge in [-0.2, -0.15) is 5.10 Å². The van der Waals surface area contributed by atoms with Crippen LogP contribution in [0, 0.1) is 0 Å². The van der Waals surface area contributed by atoms with Crippen molar-refractivity contribution >= 4 is 11.3 Å². The first kappa shape index (κ1) is 12.2. The minimum Gasteiger partial charge on any atom is -0.383 e. The monoisotopic (exact) mass is 252 g/mol. The Morgan fingerprint density at radius 1 is 1.53 bits per heavy atom. The summed E-state index contributed by atoms with van der Waals surface area (Å²) in [5, 5.41) is 10.8. The van der Waals surface area contributed by atoms with E-state index in [4.69, 9.17) is 4.74 Å². The molecule has 1 N–H and O–H groups in total. The average Bonchev–Trinajstić information content (AvgIpc) is 2.97. The van der Waals surface area contributed by atoms with Crippen LogP contribution in [0.2, 0.25) is 0 Å². The largest absolute Gasteiger partial charge is 0.383 e. The van der Waals surface area contributed by atoms with Crippen LogP contribution in [0.25, 0.3) is 0 Å². The van der Waals surface area contributed by atoms with Crippen molar-refractivity contribution in [1.29, 1.82) is 0 Å². The molecule has 0 unspecified atom stereocenters. The van der Waals surface area contributed by atoms with E-state index in [2.05, 4.69) is 15.4 Å². The molecule has 2 aromatic heterocycles. The Kier molecular flexibility index (Phi) is 4.66. The summed E-state index contributed by atoms with van der Waals surface area (Å²) < 4.78 is 6.87. The Morgan fingerprint density at radius 3 is 3.24 bits per heavy atom. The lowest BCUT2D eigenvalue weighted by molar-refractivity contribution is 0.199. The molecule has 5 nitrogen and oxygen atoms in total. The quantitative estimate of drug-likeness (QED) is 0.750. The van der Waals surface area contributed by atoms with E-state index in [1.54, 1.807) is 18.4 Å². The summed E-state index contributed by atoms with van der Waals surface area (Å²) in [6, 6.07) is 2.02. The molecule has 0 fully saturated rings. The van der Waals surface area contributed by atoms with Gasteiger partial charge < -0.3 is 10.1 Å². The highest BCUT2D eigenvalue weighted by Crippen LogP contribution is 2.06. The highest BCUT2D eigenvalue weighted by molar-refractivity contribution is 7.09. The predicted octanol–water partition coefficient (Wildman–Crippen LogP) is 1.12. The molecule has 0 saturated carbocycles. The molecule has 0 atom stereocenters. The normalized spacial score (nSPS) is 10.9. The molecule has 2 rings (SSSR count). The van der Waals surface area contributed by atoms with E-state index in [-0.39, 0.29) is 0 Å². The van der Waals surface area contributed by atoms with Gasteiger partial charge >= 0.3 is 0 Å². The highest BCUT2D eigenvalue weighted by atomic mass is 32.1. The molecular weight excluding hydrogens is 236 g/mol. The maximum absolute atomic E-state index is 4.96.